The standard InChI is InChI=1S/C4H6N2OS/c5-4-3(1-7)8-2-6-4/h2,7H,1,5H2. The lowest BCUT2D eigenvalue weighted by atomic mass is 10.5. The van der Waals surface area contributed by atoms with E-state index in [2.05, 4.69) is 4.98 Å². The van der Waals surface area contributed by atoms with Gasteiger partial charge in [0, 0.05) is 0 Å². The number of nitrogens with zero attached hydrogens (tertiary/aromatic N) is 1. The first-order valence-electron chi connectivity index (χ1n) is 2.13. The van der Waals surface area contributed by atoms with Crippen LogP contribution in [0.15, 0.2) is 5.51 Å². The minimum Gasteiger partial charge on any atom is -0.391 e. The summed E-state index contributed by atoms with van der Waals surface area (Å²) < 4.78 is 0. The first-order chi connectivity index (χ1) is 3.84. The second-order valence-electron chi connectivity index (χ2n) is 1.32. The molecule has 1 rings (SSSR count). The highest BCUT2D eigenvalue weighted by Gasteiger charge is 1.96. The lowest BCUT2D eigenvalue weighted by molar-refractivity contribution is 0.286. The summed E-state index contributed by atoms with van der Waals surface area (Å²) in [5.74, 6) is 0.442. The molecule has 0 radical (unpaired) electrons. The quantitative estimate of drug-likeness (QED) is 0.571. The van der Waals surface area contributed by atoms with E-state index in [1.54, 1.807) is 5.51 Å². The molecule has 3 N–H and O–H groups in total. The average molecular weight is 130 g/mol. The summed E-state index contributed by atoms with van der Waals surface area (Å²) in [6, 6.07) is 0. The van der Waals surface area contributed by atoms with Crippen molar-refractivity contribution in [3.05, 3.63) is 10.4 Å². The van der Waals surface area contributed by atoms with Crippen LogP contribution in [-0.2, 0) is 6.61 Å². The van der Waals surface area contributed by atoms with Gasteiger partial charge in [-0.05, 0) is 0 Å². The molecule has 0 spiro atoms. The van der Waals surface area contributed by atoms with Gasteiger partial charge in [-0.25, -0.2) is 4.98 Å². The summed E-state index contributed by atoms with van der Waals surface area (Å²) in [6.07, 6.45) is 0. The van der Waals surface area contributed by atoms with Crippen molar-refractivity contribution in [2.75, 3.05) is 5.73 Å². The summed E-state index contributed by atoms with van der Waals surface area (Å²) in [7, 11) is 0. The molecule has 1 aromatic rings. The van der Waals surface area contributed by atoms with Gasteiger partial charge in [0.05, 0.1) is 17.0 Å². The summed E-state index contributed by atoms with van der Waals surface area (Å²) in [5.41, 5.74) is 6.90. The molecule has 1 aromatic heterocycles. The number of anilines is 1. The van der Waals surface area contributed by atoms with E-state index in [1.165, 1.54) is 11.3 Å². The van der Waals surface area contributed by atoms with Crippen LogP contribution in [0.1, 0.15) is 4.88 Å². The maximum atomic E-state index is 8.50. The van der Waals surface area contributed by atoms with Gasteiger partial charge in [0.25, 0.3) is 0 Å². The highest BCUT2D eigenvalue weighted by molar-refractivity contribution is 7.10. The van der Waals surface area contributed by atoms with Crippen molar-refractivity contribution in [3.63, 3.8) is 0 Å². The Morgan fingerprint density at radius 1 is 1.88 bits per heavy atom. The van der Waals surface area contributed by atoms with Crippen molar-refractivity contribution in [2.45, 2.75) is 6.61 Å². The number of rotatable bonds is 1. The lowest BCUT2D eigenvalue weighted by Crippen LogP contribution is -1.88. The second kappa shape index (κ2) is 2.11. The number of hydrogen-bond donors (Lipinski definition) is 2. The van der Waals surface area contributed by atoms with Crippen molar-refractivity contribution in [1.29, 1.82) is 0 Å². The molecule has 4 heteroatoms. The Balaban J connectivity index is 2.92. The molecule has 3 nitrogen and oxygen atoms in total. The van der Waals surface area contributed by atoms with Gasteiger partial charge in [0.15, 0.2) is 0 Å². The van der Waals surface area contributed by atoms with Gasteiger partial charge in [-0.1, -0.05) is 0 Å². The molecule has 0 aromatic carbocycles. The van der Waals surface area contributed by atoms with Crippen molar-refractivity contribution in [3.8, 4) is 0 Å². The van der Waals surface area contributed by atoms with Crippen LogP contribution in [0.2, 0.25) is 0 Å². The third-order valence-corrected chi connectivity index (χ3v) is 1.65. The van der Waals surface area contributed by atoms with Gasteiger partial charge >= 0.3 is 0 Å². The molecular weight excluding hydrogens is 124 g/mol. The number of aromatic nitrogens is 1. The molecule has 0 aliphatic heterocycles. The predicted molar refractivity (Wildman–Crippen MR) is 32.4 cm³/mol. The first kappa shape index (κ1) is 5.53. The molecule has 1 heterocycles. The zero-order valence-corrected chi connectivity index (χ0v) is 4.98. The summed E-state index contributed by atoms with van der Waals surface area (Å²) in [6.45, 7) is -0.00347. The van der Waals surface area contributed by atoms with Crippen LogP contribution in [0.5, 0.6) is 0 Å². The molecule has 8 heavy (non-hydrogen) atoms. The monoisotopic (exact) mass is 130 g/mol. The van der Waals surface area contributed by atoms with Crippen molar-refractivity contribution >= 4 is 17.2 Å². The third-order valence-electron chi connectivity index (χ3n) is 0.816. The van der Waals surface area contributed by atoms with E-state index in [0.717, 1.165) is 4.88 Å². The molecule has 44 valence electrons. The SMILES string of the molecule is Nc1ncsc1CO. The number of thiazole rings is 1. The van der Waals surface area contributed by atoms with Crippen LogP contribution in [0.25, 0.3) is 0 Å². The number of hydrogen-bond acceptors (Lipinski definition) is 4. The van der Waals surface area contributed by atoms with E-state index in [1.807, 2.05) is 0 Å². The average Bonchev–Trinajstić information content (AvgIpc) is 2.14. The fourth-order valence-corrected chi connectivity index (χ4v) is 0.939. The van der Waals surface area contributed by atoms with Gasteiger partial charge in [-0.3, -0.25) is 0 Å². The van der Waals surface area contributed by atoms with Crippen LogP contribution >= 0.6 is 11.3 Å². The molecule has 0 atom stereocenters. The molecule has 0 amide bonds. The number of nitrogen functional groups attached to an aromatic ring is 1. The summed E-state index contributed by atoms with van der Waals surface area (Å²) in [5, 5.41) is 8.50. The lowest BCUT2D eigenvalue weighted by Gasteiger charge is -1.85. The Morgan fingerprint density at radius 3 is 2.88 bits per heavy atom. The van der Waals surface area contributed by atoms with Crippen molar-refractivity contribution in [1.82, 2.24) is 4.98 Å². The minimum atomic E-state index is -0.00347. The van der Waals surface area contributed by atoms with E-state index in [9.17, 15) is 0 Å². The number of aliphatic hydroxyl groups is 1. The Hall–Kier alpha value is -0.610. The van der Waals surface area contributed by atoms with Crippen LogP contribution in [0, 0.1) is 0 Å². The van der Waals surface area contributed by atoms with Gasteiger partial charge in [-0.15, -0.1) is 11.3 Å². The maximum Gasteiger partial charge on any atom is 0.139 e. The molecule has 0 saturated carbocycles. The molecule has 0 aliphatic carbocycles. The smallest absolute Gasteiger partial charge is 0.139 e. The zero-order chi connectivity index (χ0) is 5.98. The predicted octanol–water partition coefficient (Wildman–Crippen LogP) is 0.218. The van der Waals surface area contributed by atoms with E-state index >= 15 is 0 Å². The van der Waals surface area contributed by atoms with Gasteiger partial charge in [0.2, 0.25) is 0 Å². The van der Waals surface area contributed by atoms with Gasteiger partial charge in [-0.2, -0.15) is 0 Å². The van der Waals surface area contributed by atoms with Crippen LogP contribution in [-0.4, -0.2) is 10.1 Å². The highest BCUT2D eigenvalue weighted by atomic mass is 32.1. The Morgan fingerprint density at radius 2 is 2.62 bits per heavy atom. The Labute approximate surface area is 50.8 Å². The van der Waals surface area contributed by atoms with E-state index in [0.29, 0.717) is 5.82 Å². The highest BCUT2D eigenvalue weighted by Crippen LogP contribution is 2.13. The minimum absolute atomic E-state index is 0.00347. The zero-order valence-electron chi connectivity index (χ0n) is 4.16. The molecular formula is C4H6N2OS. The topological polar surface area (TPSA) is 59.1 Å². The third kappa shape index (κ3) is 0.801. The second-order valence-corrected chi connectivity index (χ2v) is 2.26. The van der Waals surface area contributed by atoms with Crippen LogP contribution in [0.3, 0.4) is 0 Å². The van der Waals surface area contributed by atoms with Crippen molar-refractivity contribution in [2.24, 2.45) is 0 Å². The van der Waals surface area contributed by atoms with Crippen LogP contribution < -0.4 is 5.73 Å². The fraction of sp³-hybridized carbons (Fsp3) is 0.250. The fourth-order valence-electron chi connectivity index (χ4n) is 0.397. The largest absolute Gasteiger partial charge is 0.391 e. The van der Waals surface area contributed by atoms with E-state index in [4.69, 9.17) is 10.8 Å². The van der Waals surface area contributed by atoms with Crippen molar-refractivity contribution < 1.29 is 5.11 Å². The Bertz CT molecular complexity index is 174. The molecule has 0 saturated heterocycles. The molecule has 0 unspecified atom stereocenters. The number of aliphatic hydroxyl groups excluding tert-OH is 1. The first-order valence-corrected chi connectivity index (χ1v) is 3.01. The summed E-state index contributed by atoms with van der Waals surface area (Å²) >= 11 is 1.36. The van der Waals surface area contributed by atoms with E-state index < -0.39 is 0 Å². The molecule has 0 bridgehead atoms. The normalized spacial score (nSPS) is 9.62. The maximum absolute atomic E-state index is 8.50. The van der Waals surface area contributed by atoms with E-state index in [-0.39, 0.29) is 6.61 Å². The van der Waals surface area contributed by atoms with Crippen LogP contribution in [0.4, 0.5) is 5.82 Å². The molecule has 0 fully saturated rings. The Kier molecular flexibility index (Phi) is 1.45. The van der Waals surface area contributed by atoms with Gasteiger partial charge < -0.3 is 10.8 Å². The van der Waals surface area contributed by atoms with Gasteiger partial charge in [0.1, 0.15) is 5.82 Å². The molecule has 0 aliphatic rings. The summed E-state index contributed by atoms with van der Waals surface area (Å²) in [4.78, 5) is 4.46. The number of nitrogens with two attached hydrogens (primary N) is 1.